The number of rotatable bonds is 2. The van der Waals surface area contributed by atoms with E-state index < -0.39 is 0 Å². The van der Waals surface area contributed by atoms with Crippen LogP contribution in [0.15, 0.2) is 42.5 Å². The Hall–Kier alpha value is -1.80. The molecule has 0 saturated heterocycles. The lowest BCUT2D eigenvalue weighted by Crippen LogP contribution is -2.03. The molecule has 3 aromatic rings. The van der Waals surface area contributed by atoms with Crippen molar-refractivity contribution in [2.24, 2.45) is 0 Å². The standard InChI is InChI=1S/C17H17ClN2/c1-11-8-9-14-16(10-11)20(17(19-14)13(3)18)15-7-5-4-6-12(15)2/h4-10,13H,1-3H3. The Bertz CT molecular complexity index is 772. The van der Waals surface area contributed by atoms with Crippen molar-refractivity contribution in [1.29, 1.82) is 0 Å². The van der Waals surface area contributed by atoms with Gasteiger partial charge in [-0.1, -0.05) is 24.3 Å². The van der Waals surface area contributed by atoms with E-state index in [1.807, 2.05) is 19.1 Å². The summed E-state index contributed by atoms with van der Waals surface area (Å²) in [7, 11) is 0. The highest BCUT2D eigenvalue weighted by Gasteiger charge is 2.17. The number of aryl methyl sites for hydroxylation is 2. The summed E-state index contributed by atoms with van der Waals surface area (Å²) in [6.07, 6.45) is 0. The van der Waals surface area contributed by atoms with Gasteiger partial charge in [-0.3, -0.25) is 4.57 Å². The summed E-state index contributed by atoms with van der Waals surface area (Å²) in [6, 6.07) is 14.6. The lowest BCUT2D eigenvalue weighted by molar-refractivity contribution is 0.878. The van der Waals surface area contributed by atoms with E-state index in [0.717, 1.165) is 22.5 Å². The Balaban J connectivity index is 2.40. The first kappa shape index (κ1) is 13.2. The summed E-state index contributed by atoms with van der Waals surface area (Å²) in [6.45, 7) is 6.17. The van der Waals surface area contributed by atoms with Crippen molar-refractivity contribution in [1.82, 2.24) is 9.55 Å². The number of aromatic nitrogens is 2. The molecular formula is C17H17ClN2. The average Bonchev–Trinajstić information content (AvgIpc) is 2.78. The van der Waals surface area contributed by atoms with Crippen molar-refractivity contribution in [3.63, 3.8) is 0 Å². The topological polar surface area (TPSA) is 17.8 Å². The number of hydrogen-bond acceptors (Lipinski definition) is 1. The molecule has 0 fully saturated rings. The van der Waals surface area contributed by atoms with Crippen LogP contribution in [0.1, 0.15) is 29.3 Å². The van der Waals surface area contributed by atoms with Crippen LogP contribution in [0.25, 0.3) is 16.7 Å². The predicted octanol–water partition coefficient (Wildman–Crippen LogP) is 4.94. The Labute approximate surface area is 124 Å². The monoisotopic (exact) mass is 284 g/mol. The fraction of sp³-hybridized carbons (Fsp3) is 0.235. The molecule has 0 aliphatic rings. The highest BCUT2D eigenvalue weighted by molar-refractivity contribution is 6.20. The van der Waals surface area contributed by atoms with Crippen molar-refractivity contribution < 1.29 is 0 Å². The average molecular weight is 285 g/mol. The smallest absolute Gasteiger partial charge is 0.132 e. The van der Waals surface area contributed by atoms with Crippen LogP contribution >= 0.6 is 11.6 Å². The third kappa shape index (κ3) is 2.10. The second kappa shape index (κ2) is 4.95. The number of para-hydroxylation sites is 1. The Morgan fingerprint density at radius 1 is 1.10 bits per heavy atom. The van der Waals surface area contributed by atoms with E-state index >= 15 is 0 Å². The molecule has 102 valence electrons. The van der Waals surface area contributed by atoms with Gasteiger partial charge in [0.25, 0.3) is 0 Å². The summed E-state index contributed by atoms with van der Waals surface area (Å²) < 4.78 is 2.18. The number of imidazole rings is 1. The van der Waals surface area contributed by atoms with E-state index in [2.05, 4.69) is 48.7 Å². The van der Waals surface area contributed by atoms with Crippen LogP contribution in [0.4, 0.5) is 0 Å². The SMILES string of the molecule is Cc1ccc2nc(C(C)Cl)n(-c3ccccc3C)c2c1. The van der Waals surface area contributed by atoms with Crippen LogP contribution in [-0.2, 0) is 0 Å². The van der Waals surface area contributed by atoms with Gasteiger partial charge in [-0.15, -0.1) is 11.6 Å². The van der Waals surface area contributed by atoms with Gasteiger partial charge >= 0.3 is 0 Å². The molecule has 0 saturated carbocycles. The van der Waals surface area contributed by atoms with E-state index in [9.17, 15) is 0 Å². The maximum absolute atomic E-state index is 6.34. The van der Waals surface area contributed by atoms with Crippen LogP contribution < -0.4 is 0 Å². The molecule has 0 radical (unpaired) electrons. The Morgan fingerprint density at radius 2 is 1.85 bits per heavy atom. The first-order valence-electron chi connectivity index (χ1n) is 6.77. The van der Waals surface area contributed by atoms with Crippen LogP contribution in [-0.4, -0.2) is 9.55 Å². The largest absolute Gasteiger partial charge is 0.295 e. The zero-order chi connectivity index (χ0) is 14.3. The molecule has 0 aliphatic carbocycles. The van der Waals surface area contributed by atoms with E-state index in [0.29, 0.717) is 0 Å². The van der Waals surface area contributed by atoms with Gasteiger partial charge in [-0.05, 0) is 50.1 Å². The summed E-state index contributed by atoms with van der Waals surface area (Å²) in [5, 5.41) is -0.137. The molecule has 2 aromatic carbocycles. The highest BCUT2D eigenvalue weighted by Crippen LogP contribution is 2.29. The number of nitrogens with zero attached hydrogens (tertiary/aromatic N) is 2. The minimum absolute atomic E-state index is 0.137. The van der Waals surface area contributed by atoms with Gasteiger partial charge in [-0.25, -0.2) is 4.98 Å². The van der Waals surface area contributed by atoms with Crippen LogP contribution in [0.3, 0.4) is 0 Å². The van der Waals surface area contributed by atoms with Crippen molar-refractivity contribution in [3.8, 4) is 5.69 Å². The molecule has 1 unspecified atom stereocenters. The molecular weight excluding hydrogens is 268 g/mol. The van der Waals surface area contributed by atoms with E-state index in [1.165, 1.54) is 11.1 Å². The van der Waals surface area contributed by atoms with E-state index in [4.69, 9.17) is 16.6 Å². The zero-order valence-corrected chi connectivity index (χ0v) is 12.6. The van der Waals surface area contributed by atoms with Crippen molar-refractivity contribution in [3.05, 3.63) is 59.4 Å². The third-order valence-corrected chi connectivity index (χ3v) is 3.74. The first-order chi connectivity index (χ1) is 9.58. The second-order valence-corrected chi connectivity index (χ2v) is 5.85. The Kier molecular flexibility index (Phi) is 3.27. The number of fused-ring (bicyclic) bond motifs is 1. The molecule has 20 heavy (non-hydrogen) atoms. The molecule has 2 nitrogen and oxygen atoms in total. The summed E-state index contributed by atoms with van der Waals surface area (Å²) >= 11 is 6.34. The maximum Gasteiger partial charge on any atom is 0.132 e. The van der Waals surface area contributed by atoms with Gasteiger partial charge in [0.15, 0.2) is 0 Å². The lowest BCUT2D eigenvalue weighted by atomic mass is 10.1. The van der Waals surface area contributed by atoms with Gasteiger partial charge in [0.1, 0.15) is 5.82 Å². The summed E-state index contributed by atoms with van der Waals surface area (Å²) in [4.78, 5) is 4.70. The quantitative estimate of drug-likeness (QED) is 0.609. The number of hydrogen-bond donors (Lipinski definition) is 0. The van der Waals surface area contributed by atoms with Gasteiger partial charge in [0.05, 0.1) is 22.1 Å². The van der Waals surface area contributed by atoms with Gasteiger partial charge in [-0.2, -0.15) is 0 Å². The van der Waals surface area contributed by atoms with E-state index in [1.54, 1.807) is 0 Å². The zero-order valence-electron chi connectivity index (χ0n) is 11.9. The molecule has 1 heterocycles. The Morgan fingerprint density at radius 3 is 2.55 bits per heavy atom. The lowest BCUT2D eigenvalue weighted by Gasteiger charge is -2.13. The summed E-state index contributed by atoms with van der Waals surface area (Å²) in [5.41, 5.74) is 5.68. The molecule has 0 amide bonds. The van der Waals surface area contributed by atoms with Gasteiger partial charge in [0.2, 0.25) is 0 Å². The third-order valence-electron chi connectivity index (χ3n) is 3.55. The molecule has 0 bridgehead atoms. The summed E-state index contributed by atoms with van der Waals surface area (Å²) in [5.74, 6) is 0.890. The first-order valence-corrected chi connectivity index (χ1v) is 7.20. The van der Waals surface area contributed by atoms with Crippen molar-refractivity contribution >= 4 is 22.6 Å². The molecule has 3 heteroatoms. The molecule has 0 spiro atoms. The maximum atomic E-state index is 6.34. The predicted molar refractivity (Wildman–Crippen MR) is 84.8 cm³/mol. The molecule has 0 aliphatic heterocycles. The van der Waals surface area contributed by atoms with Crippen LogP contribution in [0.5, 0.6) is 0 Å². The second-order valence-electron chi connectivity index (χ2n) is 5.20. The van der Waals surface area contributed by atoms with Gasteiger partial charge < -0.3 is 0 Å². The minimum atomic E-state index is -0.137. The fourth-order valence-electron chi connectivity index (χ4n) is 2.54. The van der Waals surface area contributed by atoms with Crippen molar-refractivity contribution in [2.45, 2.75) is 26.1 Å². The normalized spacial score (nSPS) is 12.8. The van der Waals surface area contributed by atoms with Crippen molar-refractivity contribution in [2.75, 3.05) is 0 Å². The van der Waals surface area contributed by atoms with Crippen LogP contribution in [0, 0.1) is 13.8 Å². The number of halogens is 1. The number of alkyl halides is 1. The number of benzene rings is 2. The molecule has 3 rings (SSSR count). The molecule has 1 aromatic heterocycles. The fourth-order valence-corrected chi connectivity index (χ4v) is 2.68. The van der Waals surface area contributed by atoms with E-state index in [-0.39, 0.29) is 5.38 Å². The van der Waals surface area contributed by atoms with Gasteiger partial charge in [0, 0.05) is 0 Å². The van der Waals surface area contributed by atoms with Crippen LogP contribution in [0.2, 0.25) is 0 Å². The molecule has 1 atom stereocenters. The molecule has 0 N–H and O–H groups in total. The minimum Gasteiger partial charge on any atom is -0.295 e. The highest BCUT2D eigenvalue weighted by atomic mass is 35.5.